The predicted octanol–water partition coefficient (Wildman–Crippen LogP) is 0.922. The fourth-order valence-corrected chi connectivity index (χ4v) is 3.68. The van der Waals surface area contributed by atoms with Gasteiger partial charge in [-0.05, 0) is 29.9 Å². The molecule has 6 heteroatoms. The van der Waals surface area contributed by atoms with E-state index in [1.165, 1.54) is 18.1 Å². The van der Waals surface area contributed by atoms with E-state index in [1.807, 2.05) is 0 Å². The SMILES string of the molecule is C[C@@H](O)[C@@H]1NC(=O)[C@@H]2C[C@H](NCc3ccc(C(C)(C)C)cc3)CN2C1=O. The van der Waals surface area contributed by atoms with Crippen LogP contribution in [0.15, 0.2) is 24.3 Å². The van der Waals surface area contributed by atoms with Crippen LogP contribution in [0.3, 0.4) is 0 Å². The fraction of sp³-hybridized carbons (Fsp3) is 0.600. The lowest BCUT2D eigenvalue weighted by molar-refractivity contribution is -0.149. The Morgan fingerprint density at radius 1 is 1.27 bits per heavy atom. The first-order valence-electron chi connectivity index (χ1n) is 9.28. The molecule has 2 aliphatic rings. The maximum Gasteiger partial charge on any atom is 0.248 e. The number of nitrogens with zero attached hydrogens (tertiary/aromatic N) is 1. The monoisotopic (exact) mass is 359 g/mol. The molecule has 2 heterocycles. The zero-order chi connectivity index (χ0) is 19.1. The molecule has 2 amide bonds. The van der Waals surface area contributed by atoms with Crippen molar-refractivity contribution in [1.29, 1.82) is 0 Å². The van der Waals surface area contributed by atoms with E-state index in [0.717, 1.165) is 0 Å². The largest absolute Gasteiger partial charge is 0.391 e. The normalized spacial score (nSPS) is 27.3. The summed E-state index contributed by atoms with van der Waals surface area (Å²) >= 11 is 0. The van der Waals surface area contributed by atoms with E-state index in [9.17, 15) is 14.7 Å². The highest BCUT2D eigenvalue weighted by Gasteiger charge is 2.47. The molecule has 26 heavy (non-hydrogen) atoms. The second-order valence-electron chi connectivity index (χ2n) is 8.49. The van der Waals surface area contributed by atoms with E-state index in [-0.39, 0.29) is 23.3 Å². The van der Waals surface area contributed by atoms with Crippen LogP contribution >= 0.6 is 0 Å². The van der Waals surface area contributed by atoms with Crippen LogP contribution in [0.1, 0.15) is 45.2 Å². The van der Waals surface area contributed by atoms with E-state index >= 15 is 0 Å². The first-order valence-corrected chi connectivity index (χ1v) is 9.28. The lowest BCUT2D eigenvalue weighted by Crippen LogP contribution is -2.64. The van der Waals surface area contributed by atoms with Crippen molar-refractivity contribution >= 4 is 11.8 Å². The maximum absolute atomic E-state index is 12.5. The van der Waals surface area contributed by atoms with Crippen molar-refractivity contribution < 1.29 is 14.7 Å². The average Bonchev–Trinajstić information content (AvgIpc) is 3.01. The topological polar surface area (TPSA) is 81.7 Å². The van der Waals surface area contributed by atoms with E-state index in [0.29, 0.717) is 19.5 Å². The molecule has 1 aromatic rings. The summed E-state index contributed by atoms with van der Waals surface area (Å²) < 4.78 is 0. The van der Waals surface area contributed by atoms with Gasteiger partial charge in [-0.1, -0.05) is 45.0 Å². The molecule has 0 unspecified atom stereocenters. The van der Waals surface area contributed by atoms with Crippen LogP contribution in [0.2, 0.25) is 0 Å². The Morgan fingerprint density at radius 2 is 1.92 bits per heavy atom. The number of aliphatic hydroxyl groups excluding tert-OH is 1. The summed E-state index contributed by atoms with van der Waals surface area (Å²) in [4.78, 5) is 26.3. The van der Waals surface area contributed by atoms with Gasteiger partial charge in [-0.15, -0.1) is 0 Å². The number of aliphatic hydroxyl groups is 1. The number of carbonyl (C=O) groups is 2. The molecule has 3 rings (SSSR count). The van der Waals surface area contributed by atoms with Gasteiger partial charge in [0.15, 0.2) is 0 Å². The molecule has 0 radical (unpaired) electrons. The Balaban J connectivity index is 1.59. The third-order valence-corrected chi connectivity index (χ3v) is 5.35. The second kappa shape index (κ2) is 7.00. The van der Waals surface area contributed by atoms with Crippen molar-refractivity contribution in [3.8, 4) is 0 Å². The van der Waals surface area contributed by atoms with Gasteiger partial charge >= 0.3 is 0 Å². The Morgan fingerprint density at radius 3 is 2.50 bits per heavy atom. The van der Waals surface area contributed by atoms with Gasteiger partial charge < -0.3 is 20.6 Å². The summed E-state index contributed by atoms with van der Waals surface area (Å²) in [6.45, 7) is 9.30. The summed E-state index contributed by atoms with van der Waals surface area (Å²) in [6.07, 6.45) is -0.287. The number of fused-ring (bicyclic) bond motifs is 1. The van der Waals surface area contributed by atoms with Crippen LogP contribution in [0.25, 0.3) is 0 Å². The minimum Gasteiger partial charge on any atom is -0.391 e. The van der Waals surface area contributed by atoms with Gasteiger partial charge in [0.2, 0.25) is 11.8 Å². The zero-order valence-corrected chi connectivity index (χ0v) is 16.0. The number of rotatable bonds is 4. The molecule has 0 aromatic heterocycles. The average molecular weight is 359 g/mol. The van der Waals surface area contributed by atoms with Crippen LogP contribution in [0, 0.1) is 0 Å². The summed E-state index contributed by atoms with van der Waals surface area (Å²) in [5, 5.41) is 15.8. The Kier molecular flexibility index (Phi) is 5.08. The number of hydrogen-bond donors (Lipinski definition) is 3. The third-order valence-electron chi connectivity index (χ3n) is 5.35. The number of nitrogens with one attached hydrogen (secondary N) is 2. The van der Waals surface area contributed by atoms with Gasteiger partial charge in [0.1, 0.15) is 12.1 Å². The summed E-state index contributed by atoms with van der Waals surface area (Å²) in [5.41, 5.74) is 2.61. The minimum absolute atomic E-state index is 0.0738. The minimum atomic E-state index is -0.888. The van der Waals surface area contributed by atoms with Gasteiger partial charge in [0, 0.05) is 19.1 Å². The highest BCUT2D eigenvalue weighted by molar-refractivity contribution is 5.97. The smallest absolute Gasteiger partial charge is 0.248 e. The first-order chi connectivity index (χ1) is 12.2. The summed E-state index contributed by atoms with van der Waals surface area (Å²) in [6, 6.07) is 7.36. The van der Waals surface area contributed by atoms with Crippen molar-refractivity contribution in [2.24, 2.45) is 0 Å². The van der Waals surface area contributed by atoms with Crippen molar-refractivity contribution in [3.05, 3.63) is 35.4 Å². The van der Waals surface area contributed by atoms with E-state index < -0.39 is 18.2 Å². The lowest BCUT2D eigenvalue weighted by Gasteiger charge is -2.35. The van der Waals surface area contributed by atoms with Gasteiger partial charge in [-0.25, -0.2) is 0 Å². The third kappa shape index (κ3) is 3.76. The molecule has 142 valence electrons. The molecule has 4 atom stereocenters. The number of hydrogen-bond acceptors (Lipinski definition) is 4. The van der Waals surface area contributed by atoms with Gasteiger partial charge in [-0.2, -0.15) is 0 Å². The van der Waals surface area contributed by atoms with Gasteiger partial charge in [0.05, 0.1) is 6.10 Å². The molecule has 2 saturated heterocycles. The highest BCUT2D eigenvalue weighted by Crippen LogP contribution is 2.25. The Hall–Kier alpha value is -1.92. The molecule has 0 spiro atoms. The van der Waals surface area contributed by atoms with Gasteiger partial charge in [-0.3, -0.25) is 9.59 Å². The van der Waals surface area contributed by atoms with Crippen molar-refractivity contribution in [2.75, 3.05) is 6.54 Å². The van der Waals surface area contributed by atoms with Crippen molar-refractivity contribution in [3.63, 3.8) is 0 Å². The molecule has 1 aromatic carbocycles. The first kappa shape index (κ1) is 18.9. The van der Waals surface area contributed by atoms with Crippen LogP contribution in [0.4, 0.5) is 0 Å². The number of benzene rings is 1. The molecule has 2 fully saturated rings. The zero-order valence-electron chi connectivity index (χ0n) is 16.0. The van der Waals surface area contributed by atoms with Crippen molar-refractivity contribution in [2.45, 2.75) is 70.3 Å². The van der Waals surface area contributed by atoms with Crippen LogP contribution in [-0.2, 0) is 21.5 Å². The highest BCUT2D eigenvalue weighted by atomic mass is 16.3. The predicted molar refractivity (Wildman–Crippen MR) is 99.5 cm³/mol. The lowest BCUT2D eigenvalue weighted by atomic mass is 9.87. The molecule has 0 bridgehead atoms. The fourth-order valence-electron chi connectivity index (χ4n) is 3.68. The summed E-state index contributed by atoms with van der Waals surface area (Å²) in [7, 11) is 0. The maximum atomic E-state index is 12.5. The second-order valence-corrected chi connectivity index (χ2v) is 8.49. The van der Waals surface area contributed by atoms with Crippen LogP contribution in [-0.4, -0.2) is 52.6 Å². The Bertz CT molecular complexity index is 679. The molecule has 3 N–H and O–H groups in total. The molecule has 6 nitrogen and oxygen atoms in total. The molecular formula is C20H29N3O3. The quantitative estimate of drug-likeness (QED) is 0.747. The van der Waals surface area contributed by atoms with Gasteiger partial charge in [0.25, 0.3) is 0 Å². The van der Waals surface area contributed by atoms with E-state index in [1.54, 1.807) is 4.90 Å². The number of piperazine rings is 1. The standard InChI is InChI=1S/C20H29N3O3/c1-12(24)17-19(26)23-11-15(9-16(23)18(25)22-17)21-10-13-5-7-14(8-6-13)20(2,3)4/h5-8,12,15-17,21,24H,9-11H2,1-4H3,(H,22,25)/t12-,15+,16+,17+/m1/s1. The number of carbonyl (C=O) groups excluding carboxylic acids is 2. The van der Waals surface area contributed by atoms with Crippen LogP contribution < -0.4 is 10.6 Å². The molecular weight excluding hydrogens is 330 g/mol. The molecule has 2 aliphatic heterocycles. The van der Waals surface area contributed by atoms with Crippen LogP contribution in [0.5, 0.6) is 0 Å². The Labute approximate surface area is 155 Å². The molecule has 0 saturated carbocycles. The van der Waals surface area contributed by atoms with E-state index in [2.05, 4.69) is 55.7 Å². The van der Waals surface area contributed by atoms with E-state index in [4.69, 9.17) is 0 Å². The van der Waals surface area contributed by atoms with Crippen molar-refractivity contribution in [1.82, 2.24) is 15.5 Å². The number of amides is 2. The summed E-state index contributed by atoms with van der Waals surface area (Å²) in [5.74, 6) is -0.363. The molecule has 0 aliphatic carbocycles.